The Kier molecular flexibility index (Phi) is 2.71. The first-order chi connectivity index (χ1) is 8.66. The van der Waals surface area contributed by atoms with Gasteiger partial charge in [0.1, 0.15) is 15.9 Å². The molecule has 0 spiro atoms. The summed E-state index contributed by atoms with van der Waals surface area (Å²) in [5, 5.41) is 0. The van der Waals surface area contributed by atoms with Crippen molar-refractivity contribution >= 4 is 21.6 Å². The molecular formula is C15H13BrN2. The standard InChI is InChI=1S/C15H13BrN2/c1-10-8-11(2)15-17-13(14(16)18(15)9-10)12-6-4-3-5-7-12/h3-9H,1-2H3. The van der Waals surface area contributed by atoms with Crippen LogP contribution in [0, 0.1) is 13.8 Å². The number of imidazole rings is 1. The number of rotatable bonds is 1. The maximum absolute atomic E-state index is 4.74. The quantitative estimate of drug-likeness (QED) is 0.652. The van der Waals surface area contributed by atoms with Crippen molar-refractivity contribution < 1.29 is 0 Å². The number of pyridine rings is 1. The van der Waals surface area contributed by atoms with Crippen molar-refractivity contribution in [2.45, 2.75) is 13.8 Å². The fraction of sp³-hybridized carbons (Fsp3) is 0.133. The second kappa shape index (κ2) is 4.25. The third kappa shape index (κ3) is 1.75. The lowest BCUT2D eigenvalue weighted by Crippen LogP contribution is -1.89. The van der Waals surface area contributed by atoms with Gasteiger partial charge < -0.3 is 0 Å². The zero-order valence-corrected chi connectivity index (χ0v) is 11.9. The lowest BCUT2D eigenvalue weighted by molar-refractivity contribution is 1.11. The van der Waals surface area contributed by atoms with Crippen LogP contribution in [0.25, 0.3) is 16.9 Å². The van der Waals surface area contributed by atoms with Crippen LogP contribution in [0.4, 0.5) is 0 Å². The minimum absolute atomic E-state index is 0.990. The Bertz CT molecular complexity index is 714. The second-order valence-electron chi connectivity index (χ2n) is 4.51. The average molecular weight is 301 g/mol. The number of benzene rings is 1. The Balaban J connectivity index is 2.33. The molecule has 3 heteroatoms. The van der Waals surface area contributed by atoms with E-state index in [0.717, 1.165) is 21.5 Å². The summed E-state index contributed by atoms with van der Waals surface area (Å²) in [4.78, 5) is 4.74. The van der Waals surface area contributed by atoms with Crippen LogP contribution in [0.2, 0.25) is 0 Å². The molecule has 18 heavy (non-hydrogen) atoms. The molecule has 2 heterocycles. The van der Waals surface area contributed by atoms with E-state index in [1.807, 2.05) is 18.2 Å². The molecule has 3 rings (SSSR count). The summed E-state index contributed by atoms with van der Waals surface area (Å²) in [6.45, 7) is 4.19. The first-order valence-electron chi connectivity index (χ1n) is 5.87. The van der Waals surface area contributed by atoms with Gasteiger partial charge in [-0.2, -0.15) is 0 Å². The summed E-state index contributed by atoms with van der Waals surface area (Å²) in [6.07, 6.45) is 2.10. The van der Waals surface area contributed by atoms with E-state index in [4.69, 9.17) is 4.98 Å². The highest BCUT2D eigenvalue weighted by molar-refractivity contribution is 9.10. The van der Waals surface area contributed by atoms with Gasteiger partial charge in [0, 0.05) is 11.8 Å². The highest BCUT2D eigenvalue weighted by Crippen LogP contribution is 2.29. The predicted octanol–water partition coefficient (Wildman–Crippen LogP) is 4.38. The van der Waals surface area contributed by atoms with E-state index in [0.29, 0.717) is 0 Å². The zero-order valence-electron chi connectivity index (χ0n) is 10.3. The van der Waals surface area contributed by atoms with Gasteiger partial charge in [-0.3, -0.25) is 4.40 Å². The maximum atomic E-state index is 4.74. The third-order valence-electron chi connectivity index (χ3n) is 3.03. The summed E-state index contributed by atoms with van der Waals surface area (Å²) in [5.41, 5.74) is 5.55. The van der Waals surface area contributed by atoms with E-state index in [1.54, 1.807) is 0 Å². The monoisotopic (exact) mass is 300 g/mol. The van der Waals surface area contributed by atoms with Gasteiger partial charge in [-0.15, -0.1) is 0 Å². The fourth-order valence-electron chi connectivity index (χ4n) is 2.24. The lowest BCUT2D eigenvalue weighted by Gasteiger charge is -2.01. The smallest absolute Gasteiger partial charge is 0.141 e. The molecule has 0 saturated heterocycles. The van der Waals surface area contributed by atoms with E-state index in [1.165, 1.54) is 11.1 Å². The largest absolute Gasteiger partial charge is 0.293 e. The Morgan fingerprint density at radius 2 is 1.83 bits per heavy atom. The molecule has 0 unspecified atom stereocenters. The van der Waals surface area contributed by atoms with Crippen molar-refractivity contribution in [3.8, 4) is 11.3 Å². The predicted molar refractivity (Wildman–Crippen MR) is 77.8 cm³/mol. The maximum Gasteiger partial charge on any atom is 0.141 e. The number of aryl methyl sites for hydroxylation is 2. The minimum atomic E-state index is 0.990. The molecule has 0 N–H and O–H groups in total. The number of nitrogens with zero attached hydrogens (tertiary/aromatic N) is 2. The third-order valence-corrected chi connectivity index (χ3v) is 3.79. The molecule has 0 bridgehead atoms. The van der Waals surface area contributed by atoms with Crippen LogP contribution in [-0.4, -0.2) is 9.38 Å². The normalized spacial score (nSPS) is 11.1. The first-order valence-corrected chi connectivity index (χ1v) is 6.66. The van der Waals surface area contributed by atoms with E-state index >= 15 is 0 Å². The van der Waals surface area contributed by atoms with Gasteiger partial charge >= 0.3 is 0 Å². The molecule has 0 fully saturated rings. The minimum Gasteiger partial charge on any atom is -0.293 e. The lowest BCUT2D eigenvalue weighted by atomic mass is 10.2. The highest BCUT2D eigenvalue weighted by Gasteiger charge is 2.12. The number of hydrogen-bond donors (Lipinski definition) is 0. The van der Waals surface area contributed by atoms with Gasteiger partial charge in [0.2, 0.25) is 0 Å². The molecule has 0 radical (unpaired) electrons. The molecule has 0 aliphatic heterocycles. The Morgan fingerprint density at radius 1 is 1.11 bits per heavy atom. The van der Waals surface area contributed by atoms with Crippen molar-refractivity contribution in [3.63, 3.8) is 0 Å². The van der Waals surface area contributed by atoms with Crippen molar-refractivity contribution in [1.82, 2.24) is 9.38 Å². The molecule has 0 amide bonds. The van der Waals surface area contributed by atoms with Gasteiger partial charge in [0.05, 0.1) is 0 Å². The van der Waals surface area contributed by atoms with Gasteiger partial charge in [-0.1, -0.05) is 36.4 Å². The summed E-state index contributed by atoms with van der Waals surface area (Å²) < 4.78 is 3.11. The molecule has 0 atom stereocenters. The van der Waals surface area contributed by atoms with Crippen LogP contribution >= 0.6 is 15.9 Å². The number of hydrogen-bond acceptors (Lipinski definition) is 1. The summed E-state index contributed by atoms with van der Waals surface area (Å²) in [6, 6.07) is 12.4. The number of fused-ring (bicyclic) bond motifs is 1. The fourth-order valence-corrected chi connectivity index (χ4v) is 2.82. The first kappa shape index (κ1) is 11.5. The van der Waals surface area contributed by atoms with Crippen LogP contribution in [0.1, 0.15) is 11.1 Å². The van der Waals surface area contributed by atoms with Crippen LogP contribution in [0.3, 0.4) is 0 Å². The molecule has 0 saturated carbocycles. The summed E-state index contributed by atoms with van der Waals surface area (Å²) in [7, 11) is 0. The highest BCUT2D eigenvalue weighted by atomic mass is 79.9. The molecule has 3 aromatic rings. The molecule has 1 aromatic carbocycles. The Labute approximate surface area is 114 Å². The van der Waals surface area contributed by atoms with E-state index < -0.39 is 0 Å². The van der Waals surface area contributed by atoms with E-state index in [2.05, 4.69) is 58.6 Å². The summed E-state index contributed by atoms with van der Waals surface area (Å²) >= 11 is 3.66. The molecule has 0 aliphatic rings. The Hall–Kier alpha value is -1.61. The summed E-state index contributed by atoms with van der Waals surface area (Å²) in [5.74, 6) is 0. The molecule has 90 valence electrons. The van der Waals surface area contributed by atoms with Crippen LogP contribution in [0.5, 0.6) is 0 Å². The Morgan fingerprint density at radius 3 is 2.56 bits per heavy atom. The SMILES string of the molecule is Cc1cc(C)c2nc(-c3ccccc3)c(Br)n2c1. The van der Waals surface area contributed by atoms with Crippen LogP contribution in [-0.2, 0) is 0 Å². The molecule has 2 aromatic heterocycles. The topological polar surface area (TPSA) is 17.3 Å². The van der Waals surface area contributed by atoms with Gasteiger partial charge in [0.25, 0.3) is 0 Å². The van der Waals surface area contributed by atoms with Gasteiger partial charge in [0.15, 0.2) is 0 Å². The van der Waals surface area contributed by atoms with Crippen LogP contribution in [0.15, 0.2) is 47.2 Å². The van der Waals surface area contributed by atoms with Crippen molar-refractivity contribution in [2.75, 3.05) is 0 Å². The van der Waals surface area contributed by atoms with Crippen molar-refractivity contribution in [3.05, 3.63) is 58.3 Å². The zero-order chi connectivity index (χ0) is 12.7. The molecule has 2 nitrogen and oxygen atoms in total. The van der Waals surface area contributed by atoms with E-state index in [-0.39, 0.29) is 0 Å². The van der Waals surface area contributed by atoms with Gasteiger partial charge in [-0.05, 0) is 40.9 Å². The number of halogens is 1. The van der Waals surface area contributed by atoms with Crippen molar-refractivity contribution in [2.24, 2.45) is 0 Å². The van der Waals surface area contributed by atoms with Crippen molar-refractivity contribution in [1.29, 1.82) is 0 Å². The average Bonchev–Trinajstić information content (AvgIpc) is 2.69. The molecular weight excluding hydrogens is 288 g/mol. The second-order valence-corrected chi connectivity index (χ2v) is 5.26. The van der Waals surface area contributed by atoms with Crippen LogP contribution < -0.4 is 0 Å². The molecule has 0 aliphatic carbocycles. The van der Waals surface area contributed by atoms with Gasteiger partial charge in [-0.25, -0.2) is 4.98 Å². The van der Waals surface area contributed by atoms with E-state index in [9.17, 15) is 0 Å². The number of aromatic nitrogens is 2.